The molecule has 0 bridgehead atoms. The van der Waals surface area contributed by atoms with Gasteiger partial charge >= 0.3 is 5.51 Å². The number of aryl methyl sites for hydroxylation is 1. The number of benzene rings is 4. The summed E-state index contributed by atoms with van der Waals surface area (Å²) in [4.78, 5) is -1.34. The molecule has 0 radical (unpaired) electrons. The molecule has 7 nitrogen and oxygen atoms in total. The molecule has 0 aliphatic carbocycles. The van der Waals surface area contributed by atoms with Crippen molar-refractivity contribution in [3.8, 4) is 11.5 Å². The summed E-state index contributed by atoms with van der Waals surface area (Å²) >= 11 is 23.4. The van der Waals surface area contributed by atoms with Crippen molar-refractivity contribution >= 4 is 78.0 Å². The van der Waals surface area contributed by atoms with Gasteiger partial charge in [-0.2, -0.15) is 17.5 Å². The summed E-state index contributed by atoms with van der Waals surface area (Å²) in [6.07, 6.45) is -0.0672. The molecule has 0 aliphatic heterocycles. The van der Waals surface area contributed by atoms with Crippen LogP contribution in [0.25, 0.3) is 0 Å². The Kier molecular flexibility index (Phi) is 11.4. The van der Waals surface area contributed by atoms with Crippen LogP contribution in [-0.2, 0) is 39.4 Å². The molecular weight excluding hydrogens is 753 g/mol. The number of phenols is 2. The van der Waals surface area contributed by atoms with Gasteiger partial charge in [0.25, 0.3) is 0 Å². The van der Waals surface area contributed by atoms with E-state index in [2.05, 4.69) is 0 Å². The molecule has 0 aliphatic rings. The van der Waals surface area contributed by atoms with Gasteiger partial charge in [-0.3, -0.25) is 0 Å². The van der Waals surface area contributed by atoms with Crippen LogP contribution in [0.1, 0.15) is 16.7 Å². The maximum absolute atomic E-state index is 13.9. The van der Waals surface area contributed by atoms with Gasteiger partial charge in [0.05, 0.1) is 15.8 Å². The molecule has 0 aromatic heterocycles. The third-order valence-corrected chi connectivity index (χ3v) is 11.9. The molecule has 46 heavy (non-hydrogen) atoms. The molecule has 4 aromatic carbocycles. The first-order valence-corrected chi connectivity index (χ1v) is 18.3. The fourth-order valence-electron chi connectivity index (χ4n) is 4.38. The number of thioether (sulfide) groups is 1. The predicted octanol–water partition coefficient (Wildman–Crippen LogP) is 8.73. The molecule has 0 saturated heterocycles. The van der Waals surface area contributed by atoms with Crippen molar-refractivity contribution in [3.63, 3.8) is 0 Å². The second-order valence-electron chi connectivity index (χ2n) is 9.79. The molecule has 2 N–H and O–H groups in total. The zero-order valence-electron chi connectivity index (χ0n) is 23.1. The number of phenolic OH excluding ortho intramolecular Hbond substituents is 2. The van der Waals surface area contributed by atoms with Crippen LogP contribution in [0.15, 0.2) is 87.5 Å². The highest BCUT2D eigenvalue weighted by molar-refractivity contribution is 8.00. The molecule has 4 rings (SSSR count). The Morgan fingerprint density at radius 2 is 1.28 bits per heavy atom. The van der Waals surface area contributed by atoms with Crippen LogP contribution >= 0.6 is 58.2 Å². The van der Waals surface area contributed by atoms with Crippen molar-refractivity contribution < 1.29 is 40.2 Å². The number of hydrogen-bond acceptors (Lipinski definition) is 7. The van der Waals surface area contributed by atoms with E-state index in [0.717, 1.165) is 22.5 Å². The smallest absolute Gasteiger partial charge is 0.446 e. The van der Waals surface area contributed by atoms with Gasteiger partial charge in [0.1, 0.15) is 9.79 Å². The zero-order valence-corrected chi connectivity index (χ0v) is 28.6. The fourth-order valence-corrected chi connectivity index (χ4v) is 9.24. The maximum Gasteiger partial charge on any atom is 0.446 e. The number of sulfone groups is 1. The van der Waals surface area contributed by atoms with Crippen molar-refractivity contribution in [2.24, 2.45) is 0 Å². The van der Waals surface area contributed by atoms with Crippen LogP contribution in [0.4, 0.5) is 13.2 Å². The van der Waals surface area contributed by atoms with Gasteiger partial charge in [-0.15, -0.1) is 0 Å². The number of hydrogen-bond donors (Lipinski definition) is 2. The van der Waals surface area contributed by atoms with E-state index in [4.69, 9.17) is 46.4 Å². The van der Waals surface area contributed by atoms with E-state index in [-0.39, 0.29) is 37.0 Å². The van der Waals surface area contributed by atoms with Gasteiger partial charge in [-0.25, -0.2) is 16.8 Å². The van der Waals surface area contributed by atoms with Crippen LogP contribution in [-0.4, -0.2) is 42.6 Å². The van der Waals surface area contributed by atoms with Gasteiger partial charge < -0.3 is 10.2 Å². The van der Waals surface area contributed by atoms with Crippen molar-refractivity contribution in [1.29, 1.82) is 0 Å². The van der Waals surface area contributed by atoms with E-state index >= 15 is 0 Å². The van der Waals surface area contributed by atoms with Gasteiger partial charge in [0.2, 0.25) is 10.0 Å². The zero-order chi connectivity index (χ0) is 34.0. The quantitative estimate of drug-likeness (QED) is 0.147. The van der Waals surface area contributed by atoms with E-state index < -0.39 is 77.3 Å². The lowest BCUT2D eigenvalue weighted by Crippen LogP contribution is -2.30. The van der Waals surface area contributed by atoms with E-state index in [1.54, 1.807) is 18.2 Å². The summed E-state index contributed by atoms with van der Waals surface area (Å²) in [6.45, 7) is -0.944. The lowest BCUT2D eigenvalue weighted by molar-refractivity contribution is -0.0328. The van der Waals surface area contributed by atoms with Gasteiger partial charge in [0, 0.05) is 28.0 Å². The number of halogens is 7. The largest absolute Gasteiger partial charge is 0.505 e. The first kappa shape index (κ1) is 36.5. The molecule has 0 fully saturated rings. The lowest BCUT2D eigenvalue weighted by atomic mass is 10.1. The van der Waals surface area contributed by atoms with E-state index in [9.17, 15) is 40.2 Å². The molecule has 0 atom stereocenters. The van der Waals surface area contributed by atoms with E-state index in [0.29, 0.717) is 11.1 Å². The molecule has 246 valence electrons. The first-order valence-electron chi connectivity index (χ1n) is 12.9. The van der Waals surface area contributed by atoms with Crippen LogP contribution < -0.4 is 0 Å². The molecule has 4 aromatic rings. The van der Waals surface area contributed by atoms with E-state index in [1.807, 2.05) is 0 Å². The SMILES string of the molecule is O=S(=O)(CCc1cccc(CN(Cc2ccccc2SC(F)(F)F)S(=O)(=O)c2cc(Cl)cc(Cl)c2O)c1)c1cc(Cl)cc(Cl)c1O. The second-order valence-corrected chi connectivity index (χ2v) is 16.6. The molecular formula is C29H22Cl4F3NO6S3. The molecule has 0 amide bonds. The van der Waals surface area contributed by atoms with Crippen molar-refractivity contribution in [2.75, 3.05) is 5.75 Å². The molecule has 0 saturated carbocycles. The van der Waals surface area contributed by atoms with Crippen LogP contribution in [0, 0.1) is 0 Å². The standard InChI is InChI=1S/C29H22Cl4F3NO6S3/c30-20-11-22(32)27(38)25(13-20)45(40,41)9-8-17-4-3-5-18(10-17)15-37(16-19-6-1-2-7-24(19)44-29(34,35)36)46(42,43)26-14-21(31)12-23(33)28(26)39/h1-7,10-14,38-39H,8-9,15-16H2. The van der Waals surface area contributed by atoms with Gasteiger partial charge in [0.15, 0.2) is 21.3 Å². The fraction of sp³-hybridized carbons (Fsp3) is 0.172. The third-order valence-electron chi connectivity index (χ3n) is 6.49. The monoisotopic (exact) mass is 773 g/mol. The molecule has 17 heteroatoms. The average Bonchev–Trinajstić information content (AvgIpc) is 2.95. The Morgan fingerprint density at radius 3 is 1.91 bits per heavy atom. The summed E-state index contributed by atoms with van der Waals surface area (Å²) in [5.41, 5.74) is -3.81. The highest BCUT2D eigenvalue weighted by atomic mass is 35.5. The number of aromatic hydroxyl groups is 2. The number of rotatable bonds is 11. The second kappa shape index (κ2) is 14.4. The minimum atomic E-state index is -4.66. The normalized spacial score (nSPS) is 12.5. The summed E-state index contributed by atoms with van der Waals surface area (Å²) in [7, 11) is -8.73. The highest BCUT2D eigenvalue weighted by Gasteiger charge is 2.33. The molecule has 0 unspecified atom stereocenters. The number of sulfonamides is 1. The Hall–Kier alpha value is -2.36. The van der Waals surface area contributed by atoms with Crippen molar-refractivity contribution in [1.82, 2.24) is 4.31 Å². The topological polar surface area (TPSA) is 112 Å². The summed E-state index contributed by atoms with van der Waals surface area (Å²) < 4.78 is 94.7. The van der Waals surface area contributed by atoms with E-state index in [1.165, 1.54) is 36.4 Å². The summed E-state index contributed by atoms with van der Waals surface area (Å²) in [6, 6.07) is 16.0. The Labute approximate surface area is 287 Å². The van der Waals surface area contributed by atoms with Gasteiger partial charge in [-0.1, -0.05) is 88.9 Å². The van der Waals surface area contributed by atoms with Crippen LogP contribution in [0.2, 0.25) is 20.1 Å². The minimum Gasteiger partial charge on any atom is -0.505 e. The molecule has 0 heterocycles. The van der Waals surface area contributed by atoms with Crippen molar-refractivity contribution in [2.45, 2.75) is 39.7 Å². The lowest BCUT2D eigenvalue weighted by Gasteiger charge is -2.25. The first-order chi connectivity index (χ1) is 21.4. The Bertz CT molecular complexity index is 1990. The van der Waals surface area contributed by atoms with Gasteiger partial charge in [-0.05, 0) is 65.2 Å². The average molecular weight is 776 g/mol. The number of nitrogens with zero attached hydrogens (tertiary/aromatic N) is 1. The summed E-state index contributed by atoms with van der Waals surface area (Å²) in [5.74, 6) is -1.91. The van der Waals surface area contributed by atoms with Crippen LogP contribution in [0.5, 0.6) is 11.5 Å². The predicted molar refractivity (Wildman–Crippen MR) is 173 cm³/mol. The third kappa shape index (κ3) is 8.95. The number of alkyl halides is 3. The van der Waals surface area contributed by atoms with Crippen LogP contribution in [0.3, 0.4) is 0 Å². The highest BCUT2D eigenvalue weighted by Crippen LogP contribution is 2.41. The Balaban J connectivity index is 1.69. The molecule has 0 spiro atoms. The maximum atomic E-state index is 13.9. The summed E-state index contributed by atoms with van der Waals surface area (Å²) in [5, 5.41) is 20.0. The Morgan fingerprint density at radius 1 is 0.717 bits per heavy atom. The van der Waals surface area contributed by atoms with Crippen molar-refractivity contribution in [3.05, 3.63) is 110 Å². The minimum absolute atomic E-state index is 0.00640.